The molecule has 1 atom stereocenters. The van der Waals surface area contributed by atoms with Gasteiger partial charge in [0, 0.05) is 18.2 Å². The van der Waals surface area contributed by atoms with E-state index in [9.17, 15) is 13.6 Å². The Balaban J connectivity index is 1.96. The van der Waals surface area contributed by atoms with Crippen LogP contribution in [0.5, 0.6) is 0 Å². The number of benzene rings is 2. The van der Waals surface area contributed by atoms with Crippen LogP contribution in [-0.2, 0) is 0 Å². The molecule has 0 saturated carbocycles. The molecule has 0 aromatic heterocycles. The molecular weight excluding hydrogens is 298 g/mol. The Labute approximate surface area is 134 Å². The minimum Gasteiger partial charge on any atom is -0.350 e. The predicted octanol–water partition coefficient (Wildman–Crippen LogP) is 3.52. The molecular formula is C18H20F2N2O. The average molecular weight is 318 g/mol. The monoisotopic (exact) mass is 318 g/mol. The van der Waals surface area contributed by atoms with Crippen LogP contribution in [0.25, 0.3) is 0 Å². The number of rotatable bonds is 5. The van der Waals surface area contributed by atoms with Gasteiger partial charge in [-0.3, -0.25) is 4.79 Å². The highest BCUT2D eigenvalue weighted by Crippen LogP contribution is 2.17. The van der Waals surface area contributed by atoms with Gasteiger partial charge >= 0.3 is 0 Å². The second-order valence-electron chi connectivity index (χ2n) is 5.77. The van der Waals surface area contributed by atoms with Crippen molar-refractivity contribution in [2.45, 2.75) is 25.8 Å². The van der Waals surface area contributed by atoms with Gasteiger partial charge in [-0.1, -0.05) is 38.1 Å². The average Bonchev–Trinajstić information content (AvgIpc) is 2.54. The van der Waals surface area contributed by atoms with Crippen LogP contribution >= 0.6 is 0 Å². The third-order valence-electron chi connectivity index (χ3n) is 3.70. The van der Waals surface area contributed by atoms with E-state index in [0.29, 0.717) is 5.92 Å². The molecule has 0 aliphatic rings. The van der Waals surface area contributed by atoms with E-state index >= 15 is 0 Å². The van der Waals surface area contributed by atoms with Crippen LogP contribution in [0.2, 0.25) is 0 Å². The summed E-state index contributed by atoms with van der Waals surface area (Å²) in [6.45, 7) is 4.42. The number of hydrogen-bond acceptors (Lipinski definition) is 2. The van der Waals surface area contributed by atoms with Crippen LogP contribution in [0.3, 0.4) is 0 Å². The third kappa shape index (κ3) is 4.36. The zero-order valence-electron chi connectivity index (χ0n) is 13.1. The van der Waals surface area contributed by atoms with Gasteiger partial charge in [0.2, 0.25) is 0 Å². The largest absolute Gasteiger partial charge is 0.350 e. The van der Waals surface area contributed by atoms with Crippen LogP contribution < -0.4 is 11.1 Å². The van der Waals surface area contributed by atoms with Gasteiger partial charge in [-0.15, -0.1) is 0 Å². The fourth-order valence-corrected chi connectivity index (χ4v) is 2.19. The summed E-state index contributed by atoms with van der Waals surface area (Å²) in [5.74, 6) is -2.08. The zero-order valence-corrected chi connectivity index (χ0v) is 13.1. The van der Waals surface area contributed by atoms with E-state index in [2.05, 4.69) is 19.2 Å². The maximum atomic E-state index is 13.1. The lowest BCUT2D eigenvalue weighted by atomic mass is 9.99. The lowest BCUT2D eigenvalue weighted by Crippen LogP contribution is -2.32. The number of nitrogens with two attached hydrogens (primary N) is 1. The molecule has 0 saturated heterocycles. The summed E-state index contributed by atoms with van der Waals surface area (Å²) in [5, 5.41) is 2.63. The molecule has 0 fully saturated rings. The Kier molecular flexibility index (Phi) is 5.45. The molecule has 2 rings (SSSR count). The number of carbonyl (C=O) groups is 1. The number of carbonyl (C=O) groups excluding carboxylic acids is 1. The number of nitrogens with one attached hydrogen (secondary N) is 1. The van der Waals surface area contributed by atoms with Gasteiger partial charge in [-0.25, -0.2) is 8.78 Å². The van der Waals surface area contributed by atoms with Crippen LogP contribution in [-0.4, -0.2) is 12.5 Å². The molecule has 1 unspecified atom stereocenters. The molecule has 3 nitrogen and oxygen atoms in total. The Morgan fingerprint density at radius 3 is 2.22 bits per heavy atom. The first-order valence-corrected chi connectivity index (χ1v) is 7.47. The Hall–Kier alpha value is -2.27. The number of hydrogen-bond donors (Lipinski definition) is 2. The summed E-state index contributed by atoms with van der Waals surface area (Å²) in [6.07, 6.45) is 0. The zero-order chi connectivity index (χ0) is 17.0. The van der Waals surface area contributed by atoms with Crippen molar-refractivity contribution >= 4 is 5.91 Å². The van der Waals surface area contributed by atoms with Gasteiger partial charge < -0.3 is 11.1 Å². The molecule has 0 aliphatic heterocycles. The molecule has 3 N–H and O–H groups in total. The molecule has 0 heterocycles. The van der Waals surface area contributed by atoms with Gasteiger partial charge in [0.15, 0.2) is 11.6 Å². The van der Waals surface area contributed by atoms with Crippen LogP contribution in [0.1, 0.15) is 47.3 Å². The first-order chi connectivity index (χ1) is 10.9. The first kappa shape index (κ1) is 17.1. The highest BCUT2D eigenvalue weighted by atomic mass is 19.2. The molecule has 2 aromatic carbocycles. The topological polar surface area (TPSA) is 55.1 Å². The van der Waals surface area contributed by atoms with Crippen molar-refractivity contribution < 1.29 is 13.6 Å². The van der Waals surface area contributed by atoms with E-state index in [0.717, 1.165) is 17.7 Å². The van der Waals surface area contributed by atoms with E-state index in [1.165, 1.54) is 11.6 Å². The lowest BCUT2D eigenvalue weighted by molar-refractivity contribution is 0.0950. The van der Waals surface area contributed by atoms with Crippen molar-refractivity contribution in [1.82, 2.24) is 5.32 Å². The molecule has 122 valence electrons. The summed E-state index contributed by atoms with van der Waals surface area (Å²) >= 11 is 0. The Morgan fingerprint density at radius 2 is 1.65 bits per heavy atom. The molecule has 0 radical (unpaired) electrons. The molecule has 0 bridgehead atoms. The van der Waals surface area contributed by atoms with E-state index in [1.807, 2.05) is 24.3 Å². The molecule has 0 aliphatic carbocycles. The Bertz CT molecular complexity index is 684. The normalized spacial score (nSPS) is 12.3. The minimum absolute atomic E-state index is 0.0613. The van der Waals surface area contributed by atoms with Gasteiger partial charge in [-0.05, 0) is 35.2 Å². The van der Waals surface area contributed by atoms with E-state index in [4.69, 9.17) is 5.73 Å². The third-order valence-corrected chi connectivity index (χ3v) is 3.70. The van der Waals surface area contributed by atoms with Crippen molar-refractivity contribution in [1.29, 1.82) is 0 Å². The molecule has 1 amide bonds. The van der Waals surface area contributed by atoms with Crippen LogP contribution in [0.4, 0.5) is 8.78 Å². The van der Waals surface area contributed by atoms with E-state index in [-0.39, 0.29) is 18.2 Å². The minimum atomic E-state index is -1.05. The van der Waals surface area contributed by atoms with Crippen molar-refractivity contribution in [3.8, 4) is 0 Å². The quantitative estimate of drug-likeness (QED) is 0.886. The SMILES string of the molecule is CC(C)c1ccc(C(N)CNC(=O)c2ccc(F)c(F)c2)cc1. The fraction of sp³-hybridized carbons (Fsp3) is 0.278. The van der Waals surface area contributed by atoms with E-state index in [1.54, 1.807) is 0 Å². The van der Waals surface area contributed by atoms with Crippen molar-refractivity contribution in [2.75, 3.05) is 6.54 Å². The highest BCUT2D eigenvalue weighted by Gasteiger charge is 2.12. The molecule has 23 heavy (non-hydrogen) atoms. The molecule has 0 spiro atoms. The molecule has 5 heteroatoms. The van der Waals surface area contributed by atoms with Crippen LogP contribution in [0.15, 0.2) is 42.5 Å². The van der Waals surface area contributed by atoms with E-state index < -0.39 is 17.5 Å². The van der Waals surface area contributed by atoms with Crippen molar-refractivity contribution in [2.24, 2.45) is 5.73 Å². The predicted molar refractivity (Wildman–Crippen MR) is 86.2 cm³/mol. The first-order valence-electron chi connectivity index (χ1n) is 7.47. The molecule has 2 aromatic rings. The van der Waals surface area contributed by atoms with Gasteiger partial charge in [0.1, 0.15) is 0 Å². The van der Waals surface area contributed by atoms with Crippen molar-refractivity contribution in [3.05, 3.63) is 70.8 Å². The second kappa shape index (κ2) is 7.33. The highest BCUT2D eigenvalue weighted by molar-refractivity contribution is 5.94. The maximum absolute atomic E-state index is 13.1. The van der Waals surface area contributed by atoms with Crippen molar-refractivity contribution in [3.63, 3.8) is 0 Å². The summed E-state index contributed by atoms with van der Waals surface area (Å²) in [6, 6.07) is 10.5. The second-order valence-corrected chi connectivity index (χ2v) is 5.77. The summed E-state index contributed by atoms with van der Waals surface area (Å²) in [5.41, 5.74) is 8.23. The Morgan fingerprint density at radius 1 is 1.04 bits per heavy atom. The number of amides is 1. The number of halogens is 2. The summed E-state index contributed by atoms with van der Waals surface area (Å²) < 4.78 is 26.0. The summed E-state index contributed by atoms with van der Waals surface area (Å²) in [4.78, 5) is 11.9. The van der Waals surface area contributed by atoms with Crippen LogP contribution in [0, 0.1) is 11.6 Å². The fourth-order valence-electron chi connectivity index (χ4n) is 2.19. The smallest absolute Gasteiger partial charge is 0.251 e. The maximum Gasteiger partial charge on any atom is 0.251 e. The standard InChI is InChI=1S/C18H20F2N2O/c1-11(2)12-3-5-13(6-4-12)17(21)10-22-18(23)14-7-8-15(19)16(20)9-14/h3-9,11,17H,10,21H2,1-2H3,(H,22,23). The lowest BCUT2D eigenvalue weighted by Gasteiger charge is -2.14. The van der Waals surface area contributed by atoms with Gasteiger partial charge in [0.25, 0.3) is 5.91 Å². The summed E-state index contributed by atoms with van der Waals surface area (Å²) in [7, 11) is 0. The van der Waals surface area contributed by atoms with Gasteiger partial charge in [-0.2, -0.15) is 0 Å². The van der Waals surface area contributed by atoms with Gasteiger partial charge in [0.05, 0.1) is 0 Å².